The summed E-state index contributed by atoms with van der Waals surface area (Å²) in [6.45, 7) is 6.15. The molecule has 0 aliphatic carbocycles. The minimum atomic E-state index is -0.635. The molecule has 5 nitrogen and oxygen atoms in total. The molecule has 3 N–H and O–H groups in total. The summed E-state index contributed by atoms with van der Waals surface area (Å²) in [5, 5.41) is 2.60. The second kappa shape index (κ2) is 8.76. The fraction of sp³-hybridized carbons (Fsp3) is 0.500. The van der Waals surface area contributed by atoms with Crippen LogP contribution in [-0.2, 0) is 16.1 Å². The number of benzene rings is 1. The van der Waals surface area contributed by atoms with Crippen LogP contribution in [0.25, 0.3) is 0 Å². The van der Waals surface area contributed by atoms with E-state index in [9.17, 15) is 9.59 Å². The first-order valence-corrected chi connectivity index (χ1v) is 7.03. The van der Waals surface area contributed by atoms with Gasteiger partial charge in [-0.05, 0) is 11.0 Å². The van der Waals surface area contributed by atoms with E-state index < -0.39 is 6.04 Å². The van der Waals surface area contributed by atoms with Gasteiger partial charge in [0.05, 0.1) is 12.6 Å². The average molecular weight is 328 g/mol. The number of halogens is 1. The molecule has 0 spiro atoms. The number of carbonyl (C=O) groups excluding carboxylic acids is 2. The molecule has 124 valence electrons. The number of likely N-dealkylation sites (N-methyl/N-ethyl adjacent to an activating group) is 1. The Morgan fingerprint density at radius 2 is 1.77 bits per heavy atom. The maximum Gasteiger partial charge on any atom is 0.242 e. The van der Waals surface area contributed by atoms with Crippen LogP contribution < -0.4 is 11.1 Å². The Morgan fingerprint density at radius 3 is 2.27 bits per heavy atom. The molecule has 0 fully saturated rings. The molecule has 22 heavy (non-hydrogen) atoms. The van der Waals surface area contributed by atoms with E-state index >= 15 is 0 Å². The lowest BCUT2D eigenvalue weighted by Crippen LogP contribution is -2.50. The van der Waals surface area contributed by atoms with Gasteiger partial charge in [-0.15, -0.1) is 12.4 Å². The van der Waals surface area contributed by atoms with Crippen LogP contribution in [0.2, 0.25) is 0 Å². The van der Waals surface area contributed by atoms with E-state index in [1.54, 1.807) is 11.9 Å². The van der Waals surface area contributed by atoms with Gasteiger partial charge >= 0.3 is 0 Å². The maximum absolute atomic E-state index is 12.0. The van der Waals surface area contributed by atoms with Crippen LogP contribution in [0.3, 0.4) is 0 Å². The van der Waals surface area contributed by atoms with Crippen molar-refractivity contribution in [2.75, 3.05) is 13.6 Å². The van der Waals surface area contributed by atoms with E-state index in [1.807, 2.05) is 51.1 Å². The van der Waals surface area contributed by atoms with Crippen LogP contribution in [-0.4, -0.2) is 36.3 Å². The van der Waals surface area contributed by atoms with Crippen LogP contribution >= 0.6 is 12.4 Å². The van der Waals surface area contributed by atoms with Crippen molar-refractivity contribution in [2.24, 2.45) is 11.1 Å². The molecule has 0 aliphatic heterocycles. The molecule has 0 saturated heterocycles. The predicted octanol–water partition coefficient (Wildman–Crippen LogP) is 1.56. The van der Waals surface area contributed by atoms with Gasteiger partial charge in [0, 0.05) is 13.6 Å². The summed E-state index contributed by atoms with van der Waals surface area (Å²) in [6, 6.07) is 9.06. The number of hydrogen-bond donors (Lipinski definition) is 2. The molecule has 0 unspecified atom stereocenters. The molecular weight excluding hydrogens is 302 g/mol. The van der Waals surface area contributed by atoms with Gasteiger partial charge in [0.15, 0.2) is 0 Å². The first kappa shape index (κ1) is 20.4. The van der Waals surface area contributed by atoms with Gasteiger partial charge in [0.25, 0.3) is 0 Å². The topological polar surface area (TPSA) is 75.4 Å². The largest absolute Gasteiger partial charge is 0.346 e. The zero-order chi connectivity index (χ0) is 16.0. The molecule has 2 amide bonds. The van der Waals surface area contributed by atoms with E-state index in [2.05, 4.69) is 5.32 Å². The van der Waals surface area contributed by atoms with Crippen LogP contribution in [0.5, 0.6) is 0 Å². The number of hydrogen-bond acceptors (Lipinski definition) is 3. The van der Waals surface area contributed by atoms with Gasteiger partial charge in [-0.3, -0.25) is 9.59 Å². The number of nitrogens with two attached hydrogens (primary N) is 1. The Hall–Kier alpha value is -1.59. The molecule has 6 heteroatoms. The van der Waals surface area contributed by atoms with Crippen molar-refractivity contribution >= 4 is 24.2 Å². The number of nitrogens with one attached hydrogen (secondary N) is 1. The van der Waals surface area contributed by atoms with Crippen molar-refractivity contribution in [1.82, 2.24) is 10.2 Å². The molecule has 1 aromatic rings. The second-order valence-electron chi connectivity index (χ2n) is 6.30. The molecule has 1 rings (SSSR count). The van der Waals surface area contributed by atoms with Crippen molar-refractivity contribution in [3.63, 3.8) is 0 Å². The Bertz CT molecular complexity index is 486. The first-order valence-electron chi connectivity index (χ1n) is 7.03. The smallest absolute Gasteiger partial charge is 0.242 e. The monoisotopic (exact) mass is 327 g/mol. The van der Waals surface area contributed by atoms with Gasteiger partial charge in [-0.2, -0.15) is 0 Å². The molecule has 1 atom stereocenters. The predicted molar refractivity (Wildman–Crippen MR) is 90.6 cm³/mol. The van der Waals surface area contributed by atoms with E-state index in [1.165, 1.54) is 0 Å². The number of nitrogens with zero attached hydrogens (tertiary/aromatic N) is 1. The molecular formula is C16H26ClN3O2. The highest BCUT2D eigenvalue weighted by Crippen LogP contribution is 2.17. The van der Waals surface area contributed by atoms with Gasteiger partial charge in [-0.25, -0.2) is 0 Å². The molecule has 0 aliphatic rings. The molecule has 0 aromatic heterocycles. The minimum Gasteiger partial charge on any atom is -0.346 e. The Morgan fingerprint density at radius 1 is 1.23 bits per heavy atom. The normalized spacial score (nSPS) is 12.0. The van der Waals surface area contributed by atoms with E-state index in [0.717, 1.165) is 5.56 Å². The lowest BCUT2D eigenvalue weighted by molar-refractivity contribution is -0.133. The van der Waals surface area contributed by atoms with E-state index in [0.29, 0.717) is 6.54 Å². The van der Waals surface area contributed by atoms with Crippen molar-refractivity contribution in [3.8, 4) is 0 Å². The SMILES string of the molecule is CN(Cc1ccccc1)C(=O)CNC(=O)[C@@H](N)C(C)(C)C.Cl. The zero-order valence-electron chi connectivity index (χ0n) is 13.6. The van der Waals surface area contributed by atoms with Crippen molar-refractivity contribution < 1.29 is 9.59 Å². The maximum atomic E-state index is 12.0. The standard InChI is InChI=1S/C16H25N3O2.ClH/c1-16(2,3)14(17)15(21)18-10-13(20)19(4)11-12-8-6-5-7-9-12;/h5-9,14H,10-11,17H2,1-4H3,(H,18,21);1H/t14-;/m1./s1. The number of carbonyl (C=O) groups is 2. The quantitative estimate of drug-likeness (QED) is 0.861. The van der Waals surface area contributed by atoms with Crippen LogP contribution in [0.15, 0.2) is 30.3 Å². The summed E-state index contributed by atoms with van der Waals surface area (Å²) in [5.41, 5.74) is 6.56. The lowest BCUT2D eigenvalue weighted by atomic mass is 9.87. The van der Waals surface area contributed by atoms with Crippen molar-refractivity contribution in [3.05, 3.63) is 35.9 Å². The summed E-state index contributed by atoms with van der Waals surface area (Å²) >= 11 is 0. The second-order valence-corrected chi connectivity index (χ2v) is 6.30. The fourth-order valence-electron chi connectivity index (χ4n) is 1.75. The van der Waals surface area contributed by atoms with E-state index in [4.69, 9.17) is 5.73 Å². The molecule has 0 radical (unpaired) electrons. The summed E-state index contributed by atoms with van der Waals surface area (Å²) in [6.07, 6.45) is 0. The summed E-state index contributed by atoms with van der Waals surface area (Å²) in [5.74, 6) is -0.447. The van der Waals surface area contributed by atoms with Crippen LogP contribution in [0.1, 0.15) is 26.3 Å². The highest BCUT2D eigenvalue weighted by molar-refractivity contribution is 5.87. The Labute approximate surface area is 138 Å². The molecule has 0 heterocycles. The van der Waals surface area contributed by atoms with Gasteiger partial charge in [0.2, 0.25) is 11.8 Å². The first-order chi connectivity index (χ1) is 9.71. The van der Waals surface area contributed by atoms with Crippen molar-refractivity contribution in [2.45, 2.75) is 33.4 Å². The molecule has 1 aromatic carbocycles. The zero-order valence-corrected chi connectivity index (χ0v) is 14.4. The Kier molecular flexibility index (Phi) is 8.12. The molecule has 0 saturated carbocycles. The van der Waals surface area contributed by atoms with Crippen molar-refractivity contribution in [1.29, 1.82) is 0 Å². The fourth-order valence-corrected chi connectivity index (χ4v) is 1.75. The Balaban J connectivity index is 0.00000441. The highest BCUT2D eigenvalue weighted by atomic mass is 35.5. The third-order valence-corrected chi connectivity index (χ3v) is 3.32. The summed E-state index contributed by atoms with van der Waals surface area (Å²) in [4.78, 5) is 25.4. The minimum absolute atomic E-state index is 0. The number of rotatable bonds is 5. The van der Waals surface area contributed by atoms with Crippen LogP contribution in [0, 0.1) is 5.41 Å². The third-order valence-electron chi connectivity index (χ3n) is 3.32. The lowest BCUT2D eigenvalue weighted by Gasteiger charge is -2.26. The van der Waals surface area contributed by atoms with Crippen LogP contribution in [0.4, 0.5) is 0 Å². The third kappa shape index (κ3) is 6.45. The highest BCUT2D eigenvalue weighted by Gasteiger charge is 2.27. The summed E-state index contributed by atoms with van der Waals surface area (Å²) < 4.78 is 0. The van der Waals surface area contributed by atoms with Gasteiger partial charge < -0.3 is 16.0 Å². The molecule has 0 bridgehead atoms. The van der Waals surface area contributed by atoms with Gasteiger partial charge in [0.1, 0.15) is 0 Å². The average Bonchev–Trinajstić information content (AvgIpc) is 2.43. The van der Waals surface area contributed by atoms with Gasteiger partial charge in [-0.1, -0.05) is 51.1 Å². The number of amides is 2. The summed E-state index contributed by atoms with van der Waals surface area (Å²) in [7, 11) is 1.71. The van der Waals surface area contributed by atoms with E-state index in [-0.39, 0.29) is 36.2 Å².